The summed E-state index contributed by atoms with van der Waals surface area (Å²) >= 11 is 1.35. The number of hydrogen-bond donors (Lipinski definition) is 1. The minimum absolute atomic E-state index is 0.0984. The van der Waals surface area contributed by atoms with Gasteiger partial charge in [0.05, 0.1) is 10.2 Å². The topological polar surface area (TPSA) is 62.3 Å². The number of nitrogens with one attached hydrogen (secondary N) is 1. The minimum atomic E-state index is -0.416. The first-order valence-electron chi connectivity index (χ1n) is 7.60. The van der Waals surface area contributed by atoms with Gasteiger partial charge >= 0.3 is 0 Å². The van der Waals surface area contributed by atoms with E-state index in [0.29, 0.717) is 18.1 Å². The Balaban J connectivity index is 1.64. The lowest BCUT2D eigenvalue weighted by Gasteiger charge is -2.38. The highest BCUT2D eigenvalue weighted by Gasteiger charge is 2.36. The molecule has 1 aliphatic heterocycles. The van der Waals surface area contributed by atoms with Gasteiger partial charge in [-0.05, 0) is 36.1 Å². The number of halogens is 1. The summed E-state index contributed by atoms with van der Waals surface area (Å²) in [6, 6.07) is 7.83. The van der Waals surface area contributed by atoms with Crippen LogP contribution >= 0.6 is 11.3 Å². The number of carbonyl (C=O) groups is 2. The SMILES string of the molecule is CC(=O)N1CCC1C(=O)Nc1nc2ccc3cc(F)ccc3c2s1. The van der Waals surface area contributed by atoms with Gasteiger partial charge in [-0.25, -0.2) is 9.37 Å². The second-order valence-electron chi connectivity index (χ2n) is 5.80. The molecule has 1 N–H and O–H groups in total. The zero-order valence-corrected chi connectivity index (χ0v) is 13.7. The number of amides is 2. The zero-order valence-electron chi connectivity index (χ0n) is 12.9. The summed E-state index contributed by atoms with van der Waals surface area (Å²) < 4.78 is 14.3. The molecule has 2 aromatic carbocycles. The number of aromatic nitrogens is 1. The Morgan fingerprint density at radius 1 is 1.33 bits per heavy atom. The van der Waals surface area contributed by atoms with Crippen LogP contribution in [0.5, 0.6) is 0 Å². The highest BCUT2D eigenvalue weighted by molar-refractivity contribution is 7.23. The first-order chi connectivity index (χ1) is 11.5. The molecule has 1 atom stereocenters. The lowest BCUT2D eigenvalue weighted by Crippen LogP contribution is -2.56. The second kappa shape index (κ2) is 5.52. The Morgan fingerprint density at radius 2 is 2.17 bits per heavy atom. The van der Waals surface area contributed by atoms with Crippen molar-refractivity contribution in [2.24, 2.45) is 0 Å². The van der Waals surface area contributed by atoms with Gasteiger partial charge in [-0.3, -0.25) is 9.59 Å². The third-order valence-corrected chi connectivity index (χ3v) is 5.31. The third kappa shape index (κ3) is 2.41. The monoisotopic (exact) mass is 343 g/mol. The van der Waals surface area contributed by atoms with E-state index in [1.165, 1.54) is 30.4 Å². The van der Waals surface area contributed by atoms with E-state index in [9.17, 15) is 14.0 Å². The van der Waals surface area contributed by atoms with Gasteiger partial charge in [0, 0.05) is 18.9 Å². The first-order valence-corrected chi connectivity index (χ1v) is 8.41. The van der Waals surface area contributed by atoms with Crippen LogP contribution in [-0.4, -0.2) is 34.3 Å². The van der Waals surface area contributed by atoms with Gasteiger partial charge < -0.3 is 10.2 Å². The van der Waals surface area contributed by atoms with E-state index in [2.05, 4.69) is 10.3 Å². The molecule has 3 aromatic rings. The van der Waals surface area contributed by atoms with E-state index < -0.39 is 6.04 Å². The summed E-state index contributed by atoms with van der Waals surface area (Å²) in [6.45, 7) is 2.08. The molecule has 0 spiro atoms. The molecule has 24 heavy (non-hydrogen) atoms. The Morgan fingerprint density at radius 3 is 2.88 bits per heavy atom. The predicted octanol–water partition coefficient (Wildman–Crippen LogP) is 3.15. The number of thiazole rings is 1. The van der Waals surface area contributed by atoms with Gasteiger partial charge in [-0.2, -0.15) is 0 Å². The number of carbonyl (C=O) groups excluding carboxylic acids is 2. The van der Waals surface area contributed by atoms with E-state index in [4.69, 9.17) is 0 Å². The van der Waals surface area contributed by atoms with Crippen molar-refractivity contribution in [3.63, 3.8) is 0 Å². The number of rotatable bonds is 2. The van der Waals surface area contributed by atoms with E-state index in [1.54, 1.807) is 11.0 Å². The van der Waals surface area contributed by atoms with E-state index in [1.807, 2.05) is 12.1 Å². The summed E-state index contributed by atoms with van der Waals surface area (Å²) in [5.41, 5.74) is 0.756. The number of likely N-dealkylation sites (tertiary alicyclic amines) is 1. The van der Waals surface area contributed by atoms with Crippen molar-refractivity contribution in [2.75, 3.05) is 11.9 Å². The maximum absolute atomic E-state index is 13.3. The molecule has 1 aromatic heterocycles. The second-order valence-corrected chi connectivity index (χ2v) is 6.80. The van der Waals surface area contributed by atoms with Crippen molar-refractivity contribution in [2.45, 2.75) is 19.4 Å². The standard InChI is InChI=1S/C17H14FN3O2S/c1-9(22)21-7-6-14(21)16(23)20-17-19-13-5-2-10-8-11(18)3-4-12(10)15(13)24-17/h2-5,8,14H,6-7H2,1H3,(H,19,20,23). The molecule has 1 unspecified atom stereocenters. The summed E-state index contributed by atoms with van der Waals surface area (Å²) in [4.78, 5) is 29.7. The van der Waals surface area contributed by atoms with Crippen LogP contribution < -0.4 is 5.32 Å². The van der Waals surface area contributed by atoms with E-state index >= 15 is 0 Å². The molecule has 1 aliphatic rings. The molecule has 0 saturated carbocycles. The molecule has 0 radical (unpaired) electrons. The number of nitrogens with zero attached hydrogens (tertiary/aromatic N) is 2. The Kier molecular flexibility index (Phi) is 3.45. The van der Waals surface area contributed by atoms with Crippen LogP contribution in [0, 0.1) is 5.82 Å². The highest BCUT2D eigenvalue weighted by atomic mass is 32.1. The van der Waals surface area contributed by atoms with Crippen LogP contribution in [0.1, 0.15) is 13.3 Å². The fourth-order valence-corrected chi connectivity index (χ4v) is 3.97. The Labute approximate surface area is 141 Å². The summed E-state index contributed by atoms with van der Waals surface area (Å²) in [5, 5.41) is 4.98. The largest absolute Gasteiger partial charge is 0.331 e. The van der Waals surface area contributed by atoms with Gasteiger partial charge in [0.1, 0.15) is 11.9 Å². The molecular formula is C17H14FN3O2S. The number of benzene rings is 2. The Bertz CT molecular complexity index is 985. The Hall–Kier alpha value is -2.54. The highest BCUT2D eigenvalue weighted by Crippen LogP contribution is 2.33. The van der Waals surface area contributed by atoms with Crippen molar-refractivity contribution >= 4 is 49.3 Å². The smallest absolute Gasteiger partial charge is 0.249 e. The molecule has 2 amide bonds. The van der Waals surface area contributed by atoms with Crippen molar-refractivity contribution in [3.05, 3.63) is 36.1 Å². The summed E-state index contributed by atoms with van der Waals surface area (Å²) in [6.07, 6.45) is 0.665. The number of fused-ring (bicyclic) bond motifs is 3. The lowest BCUT2D eigenvalue weighted by molar-refractivity contribution is -0.143. The van der Waals surface area contributed by atoms with Crippen molar-refractivity contribution in [1.29, 1.82) is 0 Å². The van der Waals surface area contributed by atoms with Crippen LogP contribution in [0.2, 0.25) is 0 Å². The molecule has 2 heterocycles. The van der Waals surface area contributed by atoms with Gasteiger partial charge in [-0.1, -0.05) is 17.4 Å². The summed E-state index contributed by atoms with van der Waals surface area (Å²) in [5.74, 6) is -0.598. The molecule has 4 rings (SSSR count). The van der Waals surface area contributed by atoms with Gasteiger partial charge in [0.25, 0.3) is 0 Å². The normalized spacial score (nSPS) is 17.1. The van der Waals surface area contributed by atoms with Crippen LogP contribution in [0.15, 0.2) is 30.3 Å². The van der Waals surface area contributed by atoms with Gasteiger partial charge in [-0.15, -0.1) is 0 Å². The van der Waals surface area contributed by atoms with Crippen molar-refractivity contribution < 1.29 is 14.0 Å². The van der Waals surface area contributed by atoms with Gasteiger partial charge in [0.2, 0.25) is 11.8 Å². The van der Waals surface area contributed by atoms with E-state index in [0.717, 1.165) is 21.0 Å². The summed E-state index contributed by atoms with van der Waals surface area (Å²) in [7, 11) is 0. The van der Waals surface area contributed by atoms with Crippen LogP contribution in [0.25, 0.3) is 21.0 Å². The van der Waals surface area contributed by atoms with Gasteiger partial charge in [0.15, 0.2) is 5.13 Å². The average molecular weight is 343 g/mol. The van der Waals surface area contributed by atoms with E-state index in [-0.39, 0.29) is 17.6 Å². The first kappa shape index (κ1) is 15.0. The molecule has 1 fully saturated rings. The molecule has 1 saturated heterocycles. The molecular weight excluding hydrogens is 329 g/mol. The maximum atomic E-state index is 13.3. The van der Waals surface area contributed by atoms with Crippen LogP contribution in [-0.2, 0) is 9.59 Å². The predicted molar refractivity (Wildman–Crippen MR) is 91.5 cm³/mol. The zero-order chi connectivity index (χ0) is 16.8. The minimum Gasteiger partial charge on any atom is -0.331 e. The molecule has 5 nitrogen and oxygen atoms in total. The third-order valence-electron chi connectivity index (χ3n) is 4.29. The molecule has 0 aliphatic carbocycles. The quantitative estimate of drug-likeness (QED) is 0.777. The van der Waals surface area contributed by atoms with Crippen LogP contribution in [0.3, 0.4) is 0 Å². The fourth-order valence-electron chi connectivity index (χ4n) is 2.96. The average Bonchev–Trinajstić information content (AvgIpc) is 2.87. The molecule has 0 bridgehead atoms. The van der Waals surface area contributed by atoms with Crippen molar-refractivity contribution in [3.8, 4) is 0 Å². The fraction of sp³-hybridized carbons (Fsp3) is 0.235. The molecule has 7 heteroatoms. The lowest BCUT2D eigenvalue weighted by atomic mass is 10.0. The molecule has 122 valence electrons. The number of anilines is 1. The maximum Gasteiger partial charge on any atom is 0.249 e. The number of hydrogen-bond acceptors (Lipinski definition) is 4. The van der Waals surface area contributed by atoms with Crippen molar-refractivity contribution in [1.82, 2.24) is 9.88 Å². The van der Waals surface area contributed by atoms with Crippen LogP contribution in [0.4, 0.5) is 9.52 Å².